The van der Waals surface area contributed by atoms with Crippen molar-refractivity contribution in [3.8, 4) is 0 Å². The Morgan fingerprint density at radius 2 is 0.445 bits per heavy atom. The van der Waals surface area contributed by atoms with Crippen LogP contribution in [-0.4, -0.2) is 585 Å². The van der Waals surface area contributed by atoms with E-state index >= 15 is 0 Å². The molecule has 11 saturated heterocycles. The normalized spacial score (nSPS) is 51.7. The number of aliphatic hydroxyl groups excluding tert-OH is 32. The average molecular weight is 1880 g/mol. The molecule has 11 heterocycles. The highest BCUT2D eigenvalue weighted by atomic mass is 16.8. The van der Waals surface area contributed by atoms with Gasteiger partial charge in [0, 0.05) is 13.8 Å². The van der Waals surface area contributed by atoms with E-state index in [1.54, 1.807) is 0 Å². The smallest absolute Gasteiger partial charge is 0.217 e. The number of hydrogen-bond donors (Lipinski definition) is 35. The van der Waals surface area contributed by atoms with Gasteiger partial charge in [-0.25, -0.2) is 0 Å². The Bertz CT molecular complexity index is 3390. The average Bonchev–Trinajstić information content (AvgIpc) is 0.758. The van der Waals surface area contributed by atoms with Crippen molar-refractivity contribution in [2.45, 2.75) is 351 Å². The second kappa shape index (κ2) is 45.8. The minimum atomic E-state index is -2.68. The molecule has 0 aromatic carbocycles. The van der Waals surface area contributed by atoms with E-state index in [0.717, 1.165) is 13.8 Å². The summed E-state index contributed by atoms with van der Waals surface area (Å²) < 4.78 is 124. The maximum absolute atomic E-state index is 13.2. The molecule has 11 fully saturated rings. The van der Waals surface area contributed by atoms with Crippen LogP contribution in [0.4, 0.5) is 0 Å². The van der Waals surface area contributed by atoms with Crippen LogP contribution in [0.2, 0.25) is 0 Å². The van der Waals surface area contributed by atoms with E-state index in [4.69, 9.17) is 99.5 Å². The van der Waals surface area contributed by atoms with Gasteiger partial charge in [-0.3, -0.25) is 9.59 Å². The number of rotatable bonds is 33. The van der Waals surface area contributed by atoms with Gasteiger partial charge in [0.15, 0.2) is 62.9 Å². The largest absolute Gasteiger partial charge is 0.394 e. The summed E-state index contributed by atoms with van der Waals surface area (Å²) in [6, 6.07) is -3.33. The molecule has 0 aliphatic carbocycles. The van der Waals surface area contributed by atoms with Crippen LogP contribution in [0.15, 0.2) is 0 Å². The Labute approximate surface area is 722 Å². The Morgan fingerprint density at radius 3 is 0.789 bits per heavy atom. The van der Waals surface area contributed by atoms with Gasteiger partial charge >= 0.3 is 0 Å². The zero-order valence-electron chi connectivity index (χ0n) is 67.9. The van der Waals surface area contributed by atoms with E-state index in [2.05, 4.69) is 16.4 Å². The minimum Gasteiger partial charge on any atom is -0.394 e. The van der Waals surface area contributed by atoms with E-state index in [1.807, 2.05) is 0 Å². The molecule has 0 saturated carbocycles. The first-order valence-corrected chi connectivity index (χ1v) is 40.8. The highest BCUT2D eigenvalue weighted by molar-refractivity contribution is 5.73. The van der Waals surface area contributed by atoms with Gasteiger partial charge in [-0.05, 0) is 0 Å². The van der Waals surface area contributed by atoms with Crippen molar-refractivity contribution < 1.29 is 278 Å². The molecule has 11 aliphatic rings. The van der Waals surface area contributed by atoms with Gasteiger partial charge in [-0.2, -0.15) is 0 Å². The highest BCUT2D eigenvalue weighted by Gasteiger charge is 2.63. The molecule has 2 amide bonds. The molecule has 58 nitrogen and oxygen atoms in total. The third-order valence-corrected chi connectivity index (χ3v) is 23.9. The fourth-order valence-electron chi connectivity index (χ4n) is 16.6. The standard InChI is InChI=1S/C70H119N3O55/c1-14(83)72-27-38(94)52(23(10-81)110-60(27)71)121-61-28(73-15(2)84)39(95)53(24(11-82)118-61)122-66-51(107)55(124-69-59(46(102)35(91)21(8-79)116-69)128-70-58(45(101)34(90)22(9-80)117-70)127-65-49(105)42(98)31(87)18(5-76)113-65)37(93)26(120-66)12-108-62-50(106)54(123-68-57(44(100)33(89)20(7-78)115-68)126-64-48(104)41(97)30(86)17(4-75)112-64)36(92)25(119-62)13-109-67-56(43(99)32(88)19(6-77)114-67)125-63-47(103)40(96)29(85)16(3-74)111-63/h16-70,74-82,85-107H,3-13,71H2,1-2H3,(H,72,83)(H,73,84)/p+1/t16-,17-,18-,19-,20-,21-,22-,23-,24-,25-,26-,27-,28-,29-,30-,31-,32-,33-,34-,35-,36-,37-,38-,39-,40+,41+,42+,43+,44+,45+,46+,47+,48+,49+,50+,51+,52-,53-,54+,55+,56+,57+,58+,59+,60-,61+,62+,63-,64-,65-,66+,67+,68-,69-,70-/m1/s1. The van der Waals surface area contributed by atoms with Gasteiger partial charge < -0.3 is 279 Å². The molecule has 0 aromatic heterocycles. The zero-order chi connectivity index (χ0) is 94.0. The predicted molar refractivity (Wildman–Crippen MR) is 386 cm³/mol. The number of nitrogens with one attached hydrogen (secondary N) is 2. The number of quaternary nitrogens is 1. The molecular weight excluding hydrogens is 1760 g/mol. The van der Waals surface area contributed by atoms with Gasteiger partial charge in [-0.1, -0.05) is 0 Å². The molecular formula is C70H120N3O55+. The molecule has 0 bridgehead atoms. The Morgan fingerprint density at radius 1 is 0.219 bits per heavy atom. The topological polar surface area (TPSA) is 927 Å². The molecule has 55 atom stereocenters. The SMILES string of the molecule is CC(=O)N[C@@H]1[C@@H](O)[C@H](O[C@@H]2O[C@H](CO)[C@@H](O[C@@H]3O[C@H](CO[C@H]4O[C@H](CO[C@H]5O[C@H](CO)[C@@H](O)[C@H](O)[C@@H]5O[C@H]5O[C@H](CO)[C@@H](O)[C@H](O)[C@@H]5O)[C@@H](O)[C@H](O[C@H]5O[C@H](CO)[C@@H](O)[C@H](O)[C@@H]5O[C@H]5O[C@H](CO)[C@@H](O)[C@H](O)[C@@H]5O)[C@@H]4O)[C@@H](O)[C@H](O[C@H]4O[C@H](CO)[C@@H](O)[C@H](O)[C@@H]4O[C@H]4O[C@H](CO)[C@@H](O)[C@H](O)[C@@H]4O[C@H]4O[C@H](CO)[C@@H](O)[C@H](O)[C@@H]4O)[C@@H]3O)[C@H](O)[C@H]2NC(C)=O)[C@@H](CO)O[C@H]1[NH3+]. The summed E-state index contributed by atoms with van der Waals surface area (Å²) in [7, 11) is 0. The lowest BCUT2D eigenvalue weighted by Gasteiger charge is -2.51. The van der Waals surface area contributed by atoms with Gasteiger partial charge in [-0.15, -0.1) is 0 Å². The Hall–Kier alpha value is -3.22. The van der Waals surface area contributed by atoms with E-state index < -0.39 is 422 Å². The molecule has 0 spiro atoms. The number of aliphatic hydroxyl groups is 32. The van der Waals surface area contributed by atoms with Crippen LogP contribution in [-0.2, 0) is 109 Å². The molecule has 0 unspecified atom stereocenters. The number of carbonyl (C=O) groups excluding carboxylic acids is 2. The summed E-state index contributed by atoms with van der Waals surface area (Å²) in [6.45, 7) is -10.6. The lowest BCUT2D eigenvalue weighted by Crippen LogP contribution is -2.79. The molecule has 0 radical (unpaired) electrons. The number of carbonyl (C=O) groups is 2. The number of amides is 2. The van der Waals surface area contributed by atoms with Crippen LogP contribution in [0.5, 0.6) is 0 Å². The van der Waals surface area contributed by atoms with Crippen LogP contribution in [0, 0.1) is 0 Å². The summed E-state index contributed by atoms with van der Waals surface area (Å²) in [5.41, 5.74) is 3.76. The van der Waals surface area contributed by atoms with Crippen molar-refractivity contribution in [2.75, 3.05) is 72.7 Å². The monoisotopic (exact) mass is 1880 g/mol. The van der Waals surface area contributed by atoms with Crippen molar-refractivity contribution in [1.82, 2.24) is 10.6 Å². The maximum Gasteiger partial charge on any atom is 0.217 e. The maximum atomic E-state index is 13.2. The zero-order valence-corrected chi connectivity index (χ0v) is 67.9. The van der Waals surface area contributed by atoms with Crippen molar-refractivity contribution in [2.24, 2.45) is 0 Å². The molecule has 58 heteroatoms. The first kappa shape index (κ1) is 105. The first-order chi connectivity index (χ1) is 60.7. The summed E-state index contributed by atoms with van der Waals surface area (Å²) in [5.74, 6) is -1.67. The first-order valence-electron chi connectivity index (χ1n) is 40.8. The lowest BCUT2D eigenvalue weighted by atomic mass is 9.93. The quantitative estimate of drug-likeness (QED) is 0.0290. The predicted octanol–water partition coefficient (Wildman–Crippen LogP) is -25.4. The van der Waals surface area contributed by atoms with Crippen molar-refractivity contribution in [3.63, 3.8) is 0 Å². The van der Waals surface area contributed by atoms with E-state index in [9.17, 15) is 173 Å². The fourth-order valence-corrected chi connectivity index (χ4v) is 16.6. The summed E-state index contributed by atoms with van der Waals surface area (Å²) >= 11 is 0. The third-order valence-electron chi connectivity index (χ3n) is 23.9. The van der Waals surface area contributed by atoms with Crippen LogP contribution in [0.25, 0.3) is 0 Å². The minimum absolute atomic E-state index is 0.704. The number of ether oxygens (including phenoxy) is 21. The molecule has 128 heavy (non-hydrogen) atoms. The summed E-state index contributed by atoms with van der Waals surface area (Å²) in [5, 5.41) is 362. The summed E-state index contributed by atoms with van der Waals surface area (Å²) in [4.78, 5) is 25.5. The molecule has 11 aliphatic heterocycles. The second-order valence-corrected chi connectivity index (χ2v) is 32.5. The van der Waals surface area contributed by atoms with Crippen molar-refractivity contribution in [1.29, 1.82) is 0 Å². The summed E-state index contributed by atoms with van der Waals surface area (Å²) in [6.07, 6.45) is -115. The Balaban J connectivity index is 0.961. The third kappa shape index (κ3) is 22.5. The van der Waals surface area contributed by atoms with Crippen molar-refractivity contribution in [3.05, 3.63) is 0 Å². The van der Waals surface area contributed by atoms with E-state index in [-0.39, 0.29) is 0 Å². The van der Waals surface area contributed by atoms with Crippen LogP contribution >= 0.6 is 0 Å². The van der Waals surface area contributed by atoms with Crippen LogP contribution in [0.1, 0.15) is 13.8 Å². The van der Waals surface area contributed by atoms with Crippen LogP contribution in [0.3, 0.4) is 0 Å². The van der Waals surface area contributed by atoms with Gasteiger partial charge in [0.1, 0.15) is 268 Å². The van der Waals surface area contributed by atoms with E-state index in [0.29, 0.717) is 0 Å². The highest BCUT2D eigenvalue weighted by Crippen LogP contribution is 2.42. The molecule has 37 N–H and O–H groups in total. The Kier molecular flexibility index (Phi) is 37.7. The van der Waals surface area contributed by atoms with E-state index in [1.165, 1.54) is 0 Å². The lowest BCUT2D eigenvalue weighted by molar-refractivity contribution is -0.522. The second-order valence-electron chi connectivity index (χ2n) is 32.5. The van der Waals surface area contributed by atoms with Crippen molar-refractivity contribution >= 4 is 11.8 Å². The number of hydrogen-bond acceptors (Lipinski definition) is 55. The van der Waals surface area contributed by atoms with Gasteiger partial charge in [0.05, 0.1) is 72.7 Å². The van der Waals surface area contributed by atoms with Crippen LogP contribution < -0.4 is 16.4 Å². The van der Waals surface area contributed by atoms with Gasteiger partial charge in [0.2, 0.25) is 18.0 Å². The van der Waals surface area contributed by atoms with Gasteiger partial charge in [0.25, 0.3) is 0 Å². The molecule has 0 aromatic rings. The molecule has 744 valence electrons. The fraction of sp³-hybridized carbons (Fsp3) is 0.971. The molecule has 11 rings (SSSR count).